The monoisotopic (exact) mass is 408 g/mol. The van der Waals surface area contributed by atoms with E-state index in [1.54, 1.807) is 54.6 Å². The van der Waals surface area contributed by atoms with Gasteiger partial charge < -0.3 is 10.1 Å². The molecule has 6 nitrogen and oxygen atoms in total. The van der Waals surface area contributed by atoms with Gasteiger partial charge in [0, 0.05) is 5.69 Å². The molecule has 4 rings (SSSR count). The number of hydrogen-bond donors (Lipinski definition) is 1. The van der Waals surface area contributed by atoms with Gasteiger partial charge >= 0.3 is 0 Å². The zero-order valence-electron chi connectivity index (χ0n) is 15.8. The van der Waals surface area contributed by atoms with Crippen molar-refractivity contribution in [3.63, 3.8) is 0 Å². The number of para-hydroxylation sites is 2. The SMILES string of the molecule is Cc1ccc(NC(=O)C2CN(S(=O)(=O)c3ccccc3)c3ccccc3O2)cc1. The quantitative estimate of drug-likeness (QED) is 0.716. The zero-order chi connectivity index (χ0) is 20.4. The van der Waals surface area contributed by atoms with Crippen LogP contribution < -0.4 is 14.4 Å². The van der Waals surface area contributed by atoms with Crippen molar-refractivity contribution in [1.82, 2.24) is 0 Å². The lowest BCUT2D eigenvalue weighted by Crippen LogP contribution is -2.48. The molecule has 1 heterocycles. The highest BCUT2D eigenvalue weighted by Crippen LogP contribution is 2.36. The molecule has 3 aromatic carbocycles. The minimum absolute atomic E-state index is 0.119. The van der Waals surface area contributed by atoms with Crippen molar-refractivity contribution in [2.45, 2.75) is 17.9 Å². The normalized spacial score (nSPS) is 15.9. The van der Waals surface area contributed by atoms with Crippen molar-refractivity contribution in [2.24, 2.45) is 0 Å². The van der Waals surface area contributed by atoms with Crippen molar-refractivity contribution in [2.75, 3.05) is 16.2 Å². The molecule has 3 aromatic rings. The van der Waals surface area contributed by atoms with Crippen LogP contribution in [0.15, 0.2) is 83.8 Å². The number of rotatable bonds is 4. The first-order valence-corrected chi connectivity index (χ1v) is 10.6. The molecule has 1 N–H and O–H groups in total. The molecule has 0 spiro atoms. The van der Waals surface area contributed by atoms with Gasteiger partial charge in [-0.1, -0.05) is 48.0 Å². The Bertz CT molecular complexity index is 1130. The maximum Gasteiger partial charge on any atom is 0.267 e. The van der Waals surface area contributed by atoms with Crippen LogP contribution in [0, 0.1) is 6.92 Å². The third-order valence-electron chi connectivity index (χ3n) is 4.68. The van der Waals surface area contributed by atoms with Crippen molar-refractivity contribution < 1.29 is 17.9 Å². The van der Waals surface area contributed by atoms with Crippen molar-refractivity contribution in [1.29, 1.82) is 0 Å². The fraction of sp³-hybridized carbons (Fsp3) is 0.136. The fourth-order valence-corrected chi connectivity index (χ4v) is 4.64. The van der Waals surface area contributed by atoms with Crippen LogP contribution in [-0.4, -0.2) is 27.0 Å². The van der Waals surface area contributed by atoms with E-state index in [0.717, 1.165) is 5.56 Å². The molecule has 148 valence electrons. The number of amides is 1. The third kappa shape index (κ3) is 3.82. The van der Waals surface area contributed by atoms with Gasteiger partial charge in [0.1, 0.15) is 5.75 Å². The fourth-order valence-electron chi connectivity index (χ4n) is 3.15. The molecule has 0 saturated heterocycles. The van der Waals surface area contributed by atoms with Crippen LogP contribution in [0.1, 0.15) is 5.56 Å². The van der Waals surface area contributed by atoms with E-state index in [1.807, 2.05) is 19.1 Å². The van der Waals surface area contributed by atoms with Crippen LogP contribution in [0.4, 0.5) is 11.4 Å². The highest BCUT2D eigenvalue weighted by molar-refractivity contribution is 7.92. The maximum atomic E-state index is 13.3. The lowest BCUT2D eigenvalue weighted by Gasteiger charge is -2.34. The molecule has 0 radical (unpaired) electrons. The standard InChI is InChI=1S/C22H20N2O4S/c1-16-11-13-17(14-12-16)23-22(25)21-15-24(19-9-5-6-10-20(19)28-21)29(26,27)18-7-3-2-4-8-18/h2-14,21H,15H2,1H3,(H,23,25). The zero-order valence-corrected chi connectivity index (χ0v) is 16.6. The van der Waals surface area contributed by atoms with Gasteiger partial charge in [-0.15, -0.1) is 0 Å². The van der Waals surface area contributed by atoms with Crippen LogP contribution in [0.25, 0.3) is 0 Å². The minimum atomic E-state index is -3.85. The summed E-state index contributed by atoms with van der Waals surface area (Å²) >= 11 is 0. The van der Waals surface area contributed by atoms with Gasteiger partial charge in [-0.25, -0.2) is 8.42 Å². The van der Waals surface area contributed by atoms with Gasteiger partial charge in [-0.2, -0.15) is 0 Å². The Kier molecular flexibility index (Phi) is 4.98. The molecule has 7 heteroatoms. The van der Waals surface area contributed by atoms with E-state index >= 15 is 0 Å². The van der Waals surface area contributed by atoms with E-state index in [0.29, 0.717) is 17.1 Å². The number of hydrogen-bond acceptors (Lipinski definition) is 4. The summed E-state index contributed by atoms with van der Waals surface area (Å²) in [6.45, 7) is 1.84. The summed E-state index contributed by atoms with van der Waals surface area (Å²) in [5.74, 6) is -0.0565. The number of nitrogens with zero attached hydrogens (tertiary/aromatic N) is 1. The Hall–Kier alpha value is -3.32. The van der Waals surface area contributed by atoms with E-state index < -0.39 is 22.0 Å². The van der Waals surface area contributed by atoms with Gasteiger partial charge in [0.25, 0.3) is 15.9 Å². The Morgan fingerprint density at radius 1 is 0.966 bits per heavy atom. The highest BCUT2D eigenvalue weighted by atomic mass is 32.2. The van der Waals surface area contributed by atoms with E-state index in [4.69, 9.17) is 4.74 Å². The Morgan fingerprint density at radius 3 is 2.34 bits per heavy atom. The van der Waals surface area contributed by atoms with Gasteiger partial charge in [0.15, 0.2) is 6.10 Å². The first-order chi connectivity index (χ1) is 13.9. The second kappa shape index (κ2) is 7.60. The smallest absolute Gasteiger partial charge is 0.267 e. The first-order valence-electron chi connectivity index (χ1n) is 9.16. The molecule has 1 atom stereocenters. The van der Waals surface area contributed by atoms with Crippen molar-refractivity contribution in [3.05, 3.63) is 84.4 Å². The van der Waals surface area contributed by atoms with Crippen LogP contribution in [0.2, 0.25) is 0 Å². The number of fused-ring (bicyclic) bond motifs is 1. The van der Waals surface area contributed by atoms with Crippen LogP contribution in [0.5, 0.6) is 5.75 Å². The molecule has 0 fully saturated rings. The van der Waals surface area contributed by atoms with E-state index in [1.165, 1.54) is 16.4 Å². The molecule has 1 aliphatic heterocycles. The third-order valence-corrected chi connectivity index (χ3v) is 6.47. The predicted molar refractivity (Wildman–Crippen MR) is 112 cm³/mol. The molecule has 29 heavy (non-hydrogen) atoms. The van der Waals surface area contributed by atoms with Gasteiger partial charge in [-0.05, 0) is 43.3 Å². The molecule has 1 amide bonds. The van der Waals surface area contributed by atoms with Crippen molar-refractivity contribution in [3.8, 4) is 5.75 Å². The number of carbonyl (C=O) groups is 1. The number of sulfonamides is 1. The Morgan fingerprint density at radius 2 is 1.62 bits per heavy atom. The number of nitrogens with one attached hydrogen (secondary N) is 1. The molecule has 0 aromatic heterocycles. The molecular formula is C22H20N2O4S. The summed E-state index contributed by atoms with van der Waals surface area (Å²) in [6, 6.07) is 22.3. The topological polar surface area (TPSA) is 75.7 Å². The average Bonchev–Trinajstić information content (AvgIpc) is 2.75. The summed E-state index contributed by atoms with van der Waals surface area (Å²) in [5.41, 5.74) is 2.11. The first kappa shape index (κ1) is 19.0. The molecular weight excluding hydrogens is 388 g/mol. The number of ether oxygens (including phenoxy) is 1. The summed E-state index contributed by atoms with van der Waals surface area (Å²) in [6.07, 6.45) is -0.982. The molecule has 1 unspecified atom stereocenters. The van der Waals surface area contributed by atoms with E-state index in [9.17, 15) is 13.2 Å². The summed E-state index contributed by atoms with van der Waals surface area (Å²) in [7, 11) is -3.85. The van der Waals surface area contributed by atoms with Crippen LogP contribution in [-0.2, 0) is 14.8 Å². The average molecular weight is 408 g/mol. The summed E-state index contributed by atoms with van der Waals surface area (Å²) < 4.78 is 33.6. The minimum Gasteiger partial charge on any atom is -0.476 e. The van der Waals surface area contributed by atoms with E-state index in [2.05, 4.69) is 5.32 Å². The van der Waals surface area contributed by atoms with Crippen LogP contribution >= 0.6 is 0 Å². The van der Waals surface area contributed by atoms with Gasteiger partial charge in [-0.3, -0.25) is 9.10 Å². The molecule has 1 aliphatic rings. The second-order valence-corrected chi connectivity index (χ2v) is 8.64. The summed E-state index contributed by atoms with van der Waals surface area (Å²) in [4.78, 5) is 13.0. The van der Waals surface area contributed by atoms with Crippen molar-refractivity contribution >= 4 is 27.3 Å². The lowest BCUT2D eigenvalue weighted by atomic mass is 10.2. The largest absolute Gasteiger partial charge is 0.476 e. The second-order valence-electron chi connectivity index (χ2n) is 6.78. The predicted octanol–water partition coefficient (Wildman–Crippen LogP) is 3.59. The highest BCUT2D eigenvalue weighted by Gasteiger charge is 2.37. The Labute approximate surface area is 169 Å². The van der Waals surface area contributed by atoms with E-state index in [-0.39, 0.29) is 11.4 Å². The number of aryl methyl sites for hydroxylation is 1. The number of anilines is 2. The van der Waals surface area contributed by atoms with Gasteiger partial charge in [0.05, 0.1) is 17.1 Å². The van der Waals surface area contributed by atoms with Crippen LogP contribution in [0.3, 0.4) is 0 Å². The number of benzene rings is 3. The molecule has 0 aliphatic carbocycles. The lowest BCUT2D eigenvalue weighted by molar-refractivity contribution is -0.122. The molecule has 0 saturated carbocycles. The number of carbonyl (C=O) groups excluding carboxylic acids is 1. The summed E-state index contributed by atoms with van der Waals surface area (Å²) in [5, 5.41) is 2.80. The van der Waals surface area contributed by atoms with Gasteiger partial charge in [0.2, 0.25) is 0 Å². The molecule has 0 bridgehead atoms. The maximum absolute atomic E-state index is 13.3. The Balaban J connectivity index is 1.66.